The number of hydrogen-bond acceptors (Lipinski definition) is 3. The Balaban J connectivity index is 1.28. The molecule has 0 N–H and O–H groups in total. The van der Waals surface area contributed by atoms with Gasteiger partial charge in [0, 0.05) is 11.5 Å². The van der Waals surface area contributed by atoms with Crippen LogP contribution in [0.2, 0.25) is 0 Å². The van der Waals surface area contributed by atoms with E-state index in [-0.39, 0.29) is 17.8 Å². The number of carbonyl (C=O) groups excluding carboxylic acids is 1. The first-order valence-corrected chi connectivity index (χ1v) is 21.0. The van der Waals surface area contributed by atoms with Gasteiger partial charge in [-0.15, -0.1) is 0 Å². The number of hydrogen-bond donors (Lipinski definition) is 0. The van der Waals surface area contributed by atoms with Crippen molar-refractivity contribution in [1.82, 2.24) is 0 Å². The maximum absolute atomic E-state index is 14.4. The molecular weight excluding hydrogens is 754 g/mol. The summed E-state index contributed by atoms with van der Waals surface area (Å²) in [6.45, 7) is 19.2. The lowest BCUT2D eigenvalue weighted by molar-refractivity contribution is -0.139. The van der Waals surface area contributed by atoms with Crippen molar-refractivity contribution in [2.24, 2.45) is 0 Å². The van der Waals surface area contributed by atoms with Gasteiger partial charge in [0.15, 0.2) is 0 Å². The molecule has 1 aliphatic carbocycles. The summed E-state index contributed by atoms with van der Waals surface area (Å²) in [7, 11) is 0. The van der Waals surface area contributed by atoms with E-state index in [1.165, 1.54) is 56.1 Å². The van der Waals surface area contributed by atoms with Crippen LogP contribution in [0.4, 0.5) is 13.2 Å². The van der Waals surface area contributed by atoms with Crippen LogP contribution >= 0.6 is 0 Å². The van der Waals surface area contributed by atoms with E-state index >= 15 is 0 Å². The van der Waals surface area contributed by atoms with E-state index in [0.29, 0.717) is 30.6 Å². The fourth-order valence-electron chi connectivity index (χ4n) is 9.50. The predicted molar refractivity (Wildman–Crippen MR) is 241 cm³/mol. The van der Waals surface area contributed by atoms with Crippen LogP contribution in [0.5, 0.6) is 5.75 Å². The molecule has 6 heteroatoms. The quantitative estimate of drug-likeness (QED) is 0.0383. The summed E-state index contributed by atoms with van der Waals surface area (Å²) >= 11 is 0. The van der Waals surface area contributed by atoms with E-state index in [9.17, 15) is 18.0 Å². The van der Waals surface area contributed by atoms with Crippen LogP contribution in [-0.4, -0.2) is 19.2 Å². The molecule has 60 heavy (non-hydrogen) atoms. The Labute approximate surface area is 350 Å². The van der Waals surface area contributed by atoms with Gasteiger partial charge >= 0.3 is 12.1 Å². The van der Waals surface area contributed by atoms with Gasteiger partial charge in [-0.05, 0) is 138 Å². The van der Waals surface area contributed by atoms with Crippen LogP contribution in [0, 0.1) is 0 Å². The smallest absolute Gasteiger partial charge is 0.419 e. The third-order valence-corrected chi connectivity index (χ3v) is 12.6. The maximum atomic E-state index is 14.4. The zero-order valence-corrected chi connectivity index (χ0v) is 35.1. The number of fused-ring (bicyclic) bond motifs is 3. The van der Waals surface area contributed by atoms with Crippen molar-refractivity contribution in [2.75, 3.05) is 13.2 Å². The summed E-state index contributed by atoms with van der Waals surface area (Å²) in [4.78, 5) is 11.7. The number of carbonyl (C=O) groups is 1. The van der Waals surface area contributed by atoms with Crippen LogP contribution in [0.15, 0.2) is 128 Å². The topological polar surface area (TPSA) is 35.5 Å². The average molecular weight is 805 g/mol. The van der Waals surface area contributed by atoms with E-state index in [1.807, 2.05) is 6.07 Å². The number of allylic oxidation sites excluding steroid dienone is 1. The van der Waals surface area contributed by atoms with E-state index in [2.05, 4.69) is 113 Å². The molecule has 7 aromatic carbocycles. The Hall–Kier alpha value is -5.88. The van der Waals surface area contributed by atoms with Gasteiger partial charge in [-0.2, -0.15) is 13.2 Å². The molecule has 1 unspecified atom stereocenters. The first kappa shape index (κ1) is 40.9. The Morgan fingerprint density at radius 3 is 1.95 bits per heavy atom. The van der Waals surface area contributed by atoms with Gasteiger partial charge < -0.3 is 9.47 Å². The van der Waals surface area contributed by atoms with Crippen molar-refractivity contribution < 1.29 is 27.4 Å². The molecule has 0 aliphatic heterocycles. The fraction of sp³-hybridized carbons (Fsp3) is 0.278. The highest BCUT2D eigenvalue weighted by Crippen LogP contribution is 2.57. The third kappa shape index (κ3) is 7.04. The average Bonchev–Trinajstić information content (AvgIpc) is 3.51. The lowest BCUT2D eigenvalue weighted by atomic mass is 9.67. The Morgan fingerprint density at radius 1 is 0.700 bits per heavy atom. The fourth-order valence-corrected chi connectivity index (χ4v) is 9.50. The van der Waals surface area contributed by atoms with Crippen LogP contribution in [0.3, 0.4) is 0 Å². The number of unbranched alkanes of at least 4 members (excludes halogenated alkanes) is 2. The van der Waals surface area contributed by atoms with Crippen LogP contribution in [0.1, 0.15) is 89.0 Å². The van der Waals surface area contributed by atoms with Gasteiger partial charge in [0.25, 0.3) is 0 Å². The molecule has 0 aromatic heterocycles. The minimum absolute atomic E-state index is 0.0198. The van der Waals surface area contributed by atoms with E-state index in [4.69, 9.17) is 16.1 Å². The first-order valence-electron chi connectivity index (χ1n) is 21.0. The number of halogens is 3. The maximum Gasteiger partial charge on any atom is 0.419 e. The second-order valence-electron chi connectivity index (χ2n) is 17.1. The molecule has 1 atom stereocenters. The number of esters is 1. The van der Waals surface area contributed by atoms with Gasteiger partial charge in [0.1, 0.15) is 5.75 Å². The predicted octanol–water partition coefficient (Wildman–Crippen LogP) is 15.2. The van der Waals surface area contributed by atoms with Crippen LogP contribution < -0.4 is 4.74 Å². The number of benzene rings is 7. The second kappa shape index (κ2) is 15.6. The number of rotatable bonds is 13. The van der Waals surface area contributed by atoms with Gasteiger partial charge in [-0.3, -0.25) is 0 Å². The minimum atomic E-state index is -4.58. The van der Waals surface area contributed by atoms with Gasteiger partial charge in [0.2, 0.25) is 0 Å². The minimum Gasteiger partial charge on any atom is -0.493 e. The molecule has 0 amide bonds. The molecule has 0 bridgehead atoms. The first-order chi connectivity index (χ1) is 28.7. The molecular formula is C54H51F3O3. The molecule has 306 valence electrons. The molecule has 0 spiro atoms. The Bertz CT molecular complexity index is 2790. The van der Waals surface area contributed by atoms with E-state index in [0.717, 1.165) is 58.2 Å². The largest absolute Gasteiger partial charge is 0.493 e. The summed E-state index contributed by atoms with van der Waals surface area (Å²) in [5.41, 5.74) is 8.73. The third-order valence-electron chi connectivity index (χ3n) is 12.6. The van der Waals surface area contributed by atoms with Crippen LogP contribution in [0.25, 0.3) is 65.7 Å². The second-order valence-corrected chi connectivity index (χ2v) is 17.1. The van der Waals surface area contributed by atoms with Crippen molar-refractivity contribution in [2.45, 2.75) is 83.7 Å². The highest BCUT2D eigenvalue weighted by atomic mass is 19.4. The van der Waals surface area contributed by atoms with Gasteiger partial charge in [-0.1, -0.05) is 138 Å². The van der Waals surface area contributed by atoms with E-state index < -0.39 is 23.1 Å². The monoisotopic (exact) mass is 804 g/mol. The summed E-state index contributed by atoms with van der Waals surface area (Å²) in [5, 5.41) is 7.40. The normalized spacial score (nSPS) is 15.1. The number of alkyl halides is 3. The summed E-state index contributed by atoms with van der Waals surface area (Å²) in [5.74, 6) is -0.613. The Morgan fingerprint density at radius 2 is 1.30 bits per heavy atom. The molecule has 0 radical (unpaired) electrons. The van der Waals surface area contributed by atoms with Crippen molar-refractivity contribution in [1.29, 1.82) is 0 Å². The standard InChI is InChI=1S/C54H51F3O3/c1-8-33(4)53(26-12-11-13-27-60-49(58)9-2)45-30-35(36-20-25-48(59-10-3)47(31-36)54(55,56)57)17-22-42(45)43-23-18-37(32-46(43)53)41-21-16-34-14-15-38-28-40(52(5,6)7)29-39-19-24-44(41)51(34)50(38)39/h9,14-25,28-32H,2,4,8,10-13,26-27H2,1,3,5-7H3. The molecule has 0 fully saturated rings. The SMILES string of the molecule is C=CC(=O)OCCCCCC1(C(=C)CC)c2cc(-c3ccc(OCC)c(C(F)(F)F)c3)ccc2-c2ccc(-c3ccc4ccc5cc(C(C)(C)C)cc6ccc3c4c56)cc21. The molecule has 0 saturated carbocycles. The Kier molecular flexibility index (Phi) is 10.6. The number of ether oxygens (including phenoxy) is 2. The zero-order valence-electron chi connectivity index (χ0n) is 35.1. The lowest BCUT2D eigenvalue weighted by Gasteiger charge is -2.35. The molecule has 7 aromatic rings. The lowest BCUT2D eigenvalue weighted by Crippen LogP contribution is -2.27. The molecule has 0 saturated heterocycles. The molecule has 1 aliphatic rings. The molecule has 8 rings (SSSR count). The van der Waals surface area contributed by atoms with Crippen molar-refractivity contribution in [3.8, 4) is 39.1 Å². The zero-order chi connectivity index (χ0) is 42.6. The summed E-state index contributed by atoms with van der Waals surface area (Å²) < 4.78 is 53.8. The van der Waals surface area contributed by atoms with Crippen LogP contribution in [-0.2, 0) is 26.5 Å². The molecule has 0 heterocycles. The van der Waals surface area contributed by atoms with Crippen molar-refractivity contribution in [3.05, 3.63) is 150 Å². The van der Waals surface area contributed by atoms with Crippen molar-refractivity contribution in [3.63, 3.8) is 0 Å². The summed E-state index contributed by atoms with van der Waals surface area (Å²) in [6.07, 6.45) is 0.356. The highest BCUT2D eigenvalue weighted by molar-refractivity contribution is 6.25. The molecule has 3 nitrogen and oxygen atoms in total. The van der Waals surface area contributed by atoms with Crippen molar-refractivity contribution >= 4 is 38.3 Å². The highest BCUT2D eigenvalue weighted by Gasteiger charge is 2.45. The van der Waals surface area contributed by atoms with Gasteiger partial charge in [0.05, 0.1) is 18.8 Å². The van der Waals surface area contributed by atoms with Gasteiger partial charge in [-0.25, -0.2) is 4.79 Å². The van der Waals surface area contributed by atoms with E-state index in [1.54, 1.807) is 13.0 Å². The summed E-state index contributed by atoms with van der Waals surface area (Å²) in [6, 6.07) is 35.3.